The third-order valence-electron chi connectivity index (χ3n) is 1.94. The minimum atomic E-state index is -1.57. The van der Waals surface area contributed by atoms with Crippen LogP contribution in [0.4, 0.5) is 15.3 Å². The summed E-state index contributed by atoms with van der Waals surface area (Å²) in [5.74, 6) is 0. The highest BCUT2D eigenvalue weighted by atomic mass is 16.4. The van der Waals surface area contributed by atoms with Gasteiger partial charge in [-0.25, -0.2) is 9.59 Å². The maximum atomic E-state index is 10.7. The Morgan fingerprint density at radius 2 is 1.75 bits per heavy atom. The summed E-state index contributed by atoms with van der Waals surface area (Å²) < 4.78 is 0. The van der Waals surface area contributed by atoms with Crippen molar-refractivity contribution in [3.05, 3.63) is 18.2 Å². The highest BCUT2D eigenvalue weighted by Gasteiger charge is 2.22. The lowest BCUT2D eigenvalue weighted by molar-refractivity contribution is 0.184. The Balaban J connectivity index is 2.52. The van der Waals surface area contributed by atoms with Crippen molar-refractivity contribution in [3.63, 3.8) is 0 Å². The number of aromatic amines is 1. The maximum absolute atomic E-state index is 10.7. The molecule has 1 aromatic heterocycles. The van der Waals surface area contributed by atoms with E-state index in [-0.39, 0.29) is 10.6 Å². The lowest BCUT2D eigenvalue weighted by Gasteiger charge is -2.12. The summed E-state index contributed by atoms with van der Waals surface area (Å²) in [6, 6.07) is 4.14. The number of anilines is 1. The van der Waals surface area contributed by atoms with Gasteiger partial charge in [-0.1, -0.05) is 0 Å². The number of aromatic nitrogens is 3. The fourth-order valence-electron chi connectivity index (χ4n) is 1.27. The van der Waals surface area contributed by atoms with Crippen LogP contribution in [-0.4, -0.2) is 37.8 Å². The normalized spacial score (nSPS) is 10.2. The van der Waals surface area contributed by atoms with Gasteiger partial charge in [0.05, 0.1) is 5.69 Å². The van der Waals surface area contributed by atoms with Crippen LogP contribution in [0.5, 0.6) is 0 Å². The standard InChI is InChI=1S/C8H6N4O4/c13-7(14)12(8(15)16)4-1-2-5-6(3-4)10-11-9-5/h1-3H,(H,13,14)(H,15,16)(H,9,10,11). The molecule has 0 spiro atoms. The van der Waals surface area contributed by atoms with E-state index < -0.39 is 12.2 Å². The zero-order valence-electron chi connectivity index (χ0n) is 7.78. The number of nitrogens with zero attached hydrogens (tertiary/aromatic N) is 3. The minimum Gasteiger partial charge on any atom is -0.464 e. The molecule has 1 aromatic carbocycles. The van der Waals surface area contributed by atoms with Crippen LogP contribution in [0.15, 0.2) is 18.2 Å². The predicted molar refractivity (Wildman–Crippen MR) is 52.4 cm³/mol. The third-order valence-corrected chi connectivity index (χ3v) is 1.94. The average Bonchev–Trinajstić information content (AvgIpc) is 2.63. The van der Waals surface area contributed by atoms with Crippen LogP contribution in [0.25, 0.3) is 11.0 Å². The van der Waals surface area contributed by atoms with Crippen molar-refractivity contribution in [2.45, 2.75) is 0 Å². The van der Waals surface area contributed by atoms with Gasteiger partial charge in [0.15, 0.2) is 0 Å². The van der Waals surface area contributed by atoms with Crippen molar-refractivity contribution in [3.8, 4) is 0 Å². The number of H-pyrrole nitrogens is 1. The molecule has 0 aliphatic rings. The van der Waals surface area contributed by atoms with E-state index in [1.165, 1.54) is 18.2 Å². The first-order valence-electron chi connectivity index (χ1n) is 4.16. The second-order valence-electron chi connectivity index (χ2n) is 2.90. The molecule has 0 saturated carbocycles. The molecule has 0 bridgehead atoms. The van der Waals surface area contributed by atoms with E-state index in [0.29, 0.717) is 11.0 Å². The van der Waals surface area contributed by atoms with Crippen molar-refractivity contribution in [1.82, 2.24) is 15.4 Å². The lowest BCUT2D eigenvalue weighted by Crippen LogP contribution is -2.34. The number of imide groups is 1. The molecule has 0 fully saturated rings. The van der Waals surface area contributed by atoms with Crippen LogP contribution in [0.2, 0.25) is 0 Å². The van der Waals surface area contributed by atoms with Gasteiger partial charge in [-0.2, -0.15) is 20.3 Å². The first-order valence-corrected chi connectivity index (χ1v) is 4.16. The fourth-order valence-corrected chi connectivity index (χ4v) is 1.27. The van der Waals surface area contributed by atoms with Gasteiger partial charge >= 0.3 is 12.2 Å². The third kappa shape index (κ3) is 1.52. The van der Waals surface area contributed by atoms with Gasteiger partial charge in [0.25, 0.3) is 0 Å². The zero-order chi connectivity index (χ0) is 11.7. The summed E-state index contributed by atoms with van der Waals surface area (Å²) in [6.07, 6.45) is -3.15. The van der Waals surface area contributed by atoms with Crippen molar-refractivity contribution in [2.24, 2.45) is 0 Å². The molecule has 2 amide bonds. The topological polar surface area (TPSA) is 119 Å². The summed E-state index contributed by atoms with van der Waals surface area (Å²) in [4.78, 5) is 21.6. The number of amides is 2. The Kier molecular flexibility index (Phi) is 2.16. The van der Waals surface area contributed by atoms with Gasteiger partial charge < -0.3 is 10.2 Å². The monoisotopic (exact) mass is 222 g/mol. The number of fused-ring (bicyclic) bond motifs is 1. The predicted octanol–water partition coefficient (Wildman–Crippen LogP) is 1.12. The minimum absolute atomic E-state index is 0.00130. The summed E-state index contributed by atoms with van der Waals surface area (Å²) in [5.41, 5.74) is 0.922. The van der Waals surface area contributed by atoms with Gasteiger partial charge in [0, 0.05) is 0 Å². The summed E-state index contributed by atoms with van der Waals surface area (Å²) >= 11 is 0. The Morgan fingerprint density at radius 1 is 1.12 bits per heavy atom. The van der Waals surface area contributed by atoms with Crippen molar-refractivity contribution in [2.75, 3.05) is 4.90 Å². The second kappa shape index (κ2) is 3.50. The number of benzene rings is 1. The van der Waals surface area contributed by atoms with Crippen LogP contribution in [0.3, 0.4) is 0 Å². The Hall–Kier alpha value is -2.64. The van der Waals surface area contributed by atoms with E-state index in [9.17, 15) is 9.59 Å². The molecule has 2 aromatic rings. The van der Waals surface area contributed by atoms with Gasteiger partial charge in [0.1, 0.15) is 11.0 Å². The molecule has 16 heavy (non-hydrogen) atoms. The van der Waals surface area contributed by atoms with Crippen molar-refractivity contribution < 1.29 is 19.8 Å². The highest BCUT2D eigenvalue weighted by molar-refractivity contribution is 6.08. The van der Waals surface area contributed by atoms with E-state index in [4.69, 9.17) is 10.2 Å². The fraction of sp³-hybridized carbons (Fsp3) is 0. The molecule has 82 valence electrons. The molecule has 8 heteroatoms. The zero-order valence-corrected chi connectivity index (χ0v) is 7.78. The number of carbonyl (C=O) groups is 2. The lowest BCUT2D eigenvalue weighted by atomic mass is 10.2. The van der Waals surface area contributed by atoms with E-state index in [2.05, 4.69) is 15.4 Å². The average molecular weight is 222 g/mol. The molecule has 0 radical (unpaired) electrons. The molecular weight excluding hydrogens is 216 g/mol. The molecule has 0 saturated heterocycles. The van der Waals surface area contributed by atoms with Crippen molar-refractivity contribution >= 4 is 28.9 Å². The Bertz CT molecular complexity index is 550. The van der Waals surface area contributed by atoms with E-state index >= 15 is 0 Å². The smallest absolute Gasteiger partial charge is 0.421 e. The molecule has 3 N–H and O–H groups in total. The Labute approximate surface area is 88.1 Å². The number of hydrogen-bond acceptors (Lipinski definition) is 4. The number of carboxylic acid groups (broad SMARTS) is 2. The molecule has 0 aliphatic carbocycles. The van der Waals surface area contributed by atoms with Gasteiger partial charge in [-0.3, -0.25) is 0 Å². The van der Waals surface area contributed by atoms with Crippen LogP contribution < -0.4 is 4.90 Å². The van der Waals surface area contributed by atoms with Crippen LogP contribution in [0, 0.1) is 0 Å². The van der Waals surface area contributed by atoms with E-state index in [0.717, 1.165) is 0 Å². The molecule has 0 unspecified atom stereocenters. The Morgan fingerprint density at radius 3 is 2.38 bits per heavy atom. The number of hydrogen-bond donors (Lipinski definition) is 3. The largest absolute Gasteiger partial charge is 0.464 e. The summed E-state index contributed by atoms with van der Waals surface area (Å²) in [7, 11) is 0. The molecule has 0 aliphatic heterocycles. The molecular formula is C8H6N4O4. The van der Waals surface area contributed by atoms with Gasteiger partial charge in [0.2, 0.25) is 0 Å². The first-order chi connectivity index (χ1) is 7.59. The van der Waals surface area contributed by atoms with E-state index in [1.807, 2.05) is 0 Å². The molecule has 0 atom stereocenters. The van der Waals surface area contributed by atoms with Crippen LogP contribution in [0.1, 0.15) is 0 Å². The summed E-state index contributed by atoms with van der Waals surface area (Å²) in [6.45, 7) is 0. The number of nitrogens with one attached hydrogen (secondary N) is 1. The summed E-state index contributed by atoms with van der Waals surface area (Å²) in [5, 5.41) is 27.3. The van der Waals surface area contributed by atoms with Gasteiger partial charge in [-0.15, -0.1) is 0 Å². The quantitative estimate of drug-likeness (QED) is 0.665. The van der Waals surface area contributed by atoms with Crippen molar-refractivity contribution in [1.29, 1.82) is 0 Å². The maximum Gasteiger partial charge on any atom is 0.421 e. The molecule has 1 heterocycles. The first kappa shape index (κ1) is 9.90. The number of rotatable bonds is 1. The molecule has 8 nitrogen and oxygen atoms in total. The van der Waals surface area contributed by atoms with E-state index in [1.54, 1.807) is 0 Å². The van der Waals surface area contributed by atoms with Crippen LogP contribution >= 0.6 is 0 Å². The highest BCUT2D eigenvalue weighted by Crippen LogP contribution is 2.19. The molecule has 2 rings (SSSR count). The van der Waals surface area contributed by atoms with Crippen LogP contribution in [-0.2, 0) is 0 Å². The SMILES string of the molecule is O=C(O)N(C(=O)O)c1ccc2n[nH]nc2c1. The second-order valence-corrected chi connectivity index (χ2v) is 2.90. The van der Waals surface area contributed by atoms with Gasteiger partial charge in [-0.05, 0) is 18.2 Å².